The second kappa shape index (κ2) is 6.65. The van der Waals surface area contributed by atoms with Gasteiger partial charge in [0.05, 0.1) is 16.1 Å². The van der Waals surface area contributed by atoms with Crippen molar-refractivity contribution < 1.29 is 5.11 Å². The second-order valence-electron chi connectivity index (χ2n) is 5.83. The highest BCUT2D eigenvalue weighted by Gasteiger charge is 2.38. The van der Waals surface area contributed by atoms with E-state index in [4.69, 9.17) is 23.2 Å². The van der Waals surface area contributed by atoms with Crippen molar-refractivity contribution in [1.82, 2.24) is 4.90 Å². The summed E-state index contributed by atoms with van der Waals surface area (Å²) < 4.78 is 0. The molecule has 1 aliphatic heterocycles. The third-order valence-corrected chi connectivity index (χ3v) is 5.38. The first-order chi connectivity index (χ1) is 9.49. The van der Waals surface area contributed by atoms with Crippen LogP contribution in [0.4, 0.5) is 0 Å². The van der Waals surface area contributed by atoms with E-state index in [1.165, 1.54) is 19.3 Å². The second-order valence-corrected chi connectivity index (χ2v) is 6.65. The number of aliphatic hydroxyl groups excluding tert-OH is 1. The van der Waals surface area contributed by atoms with Gasteiger partial charge in [0.2, 0.25) is 0 Å². The summed E-state index contributed by atoms with van der Waals surface area (Å²) in [6.07, 6.45) is 4.06. The minimum Gasteiger partial charge on any atom is -0.386 e. The van der Waals surface area contributed by atoms with E-state index in [0.29, 0.717) is 10.0 Å². The highest BCUT2D eigenvalue weighted by Crippen LogP contribution is 2.37. The zero-order valence-corrected chi connectivity index (χ0v) is 13.7. The Bertz CT molecular complexity index is 460. The third-order valence-electron chi connectivity index (χ3n) is 4.64. The molecule has 4 heteroatoms. The van der Waals surface area contributed by atoms with Gasteiger partial charge in [-0.25, -0.2) is 0 Å². The van der Waals surface area contributed by atoms with Crippen LogP contribution in [0.15, 0.2) is 18.2 Å². The molecule has 0 radical (unpaired) electrons. The molecular formula is C16H23Cl2NO. The topological polar surface area (TPSA) is 23.5 Å². The molecule has 1 aromatic carbocycles. The maximum atomic E-state index is 10.9. The molecule has 2 rings (SSSR count). The SMILES string of the molecule is CCC(C)(C(O)c1ccc(Cl)c(Cl)c1)N1CCCCC1. The van der Waals surface area contributed by atoms with Crippen LogP contribution in [0.25, 0.3) is 0 Å². The van der Waals surface area contributed by atoms with Crippen molar-refractivity contribution in [2.24, 2.45) is 0 Å². The standard InChI is InChI=1S/C16H23Cl2NO/c1-3-16(2,19-9-5-4-6-10-19)15(20)12-7-8-13(17)14(18)11-12/h7-8,11,15,20H,3-6,9-10H2,1-2H3. The number of halogens is 2. The Morgan fingerprint density at radius 3 is 2.40 bits per heavy atom. The first-order valence-corrected chi connectivity index (χ1v) is 8.12. The predicted molar refractivity (Wildman–Crippen MR) is 85.5 cm³/mol. The Hall–Kier alpha value is -0.280. The van der Waals surface area contributed by atoms with Crippen LogP contribution in [0.1, 0.15) is 51.2 Å². The van der Waals surface area contributed by atoms with Crippen LogP contribution in [0.5, 0.6) is 0 Å². The summed E-state index contributed by atoms with van der Waals surface area (Å²) in [5.41, 5.74) is 0.590. The maximum Gasteiger partial charge on any atom is 0.0971 e. The average Bonchev–Trinajstić information content (AvgIpc) is 2.49. The monoisotopic (exact) mass is 315 g/mol. The molecule has 0 bridgehead atoms. The molecule has 0 aliphatic carbocycles. The number of benzene rings is 1. The third kappa shape index (κ3) is 3.14. The van der Waals surface area contributed by atoms with Crippen molar-refractivity contribution in [3.8, 4) is 0 Å². The Labute approximate surface area is 131 Å². The fraction of sp³-hybridized carbons (Fsp3) is 0.625. The Balaban J connectivity index is 2.26. The lowest BCUT2D eigenvalue weighted by Gasteiger charge is -2.46. The molecule has 1 N–H and O–H groups in total. The first kappa shape index (κ1) is 16.1. The molecule has 2 nitrogen and oxygen atoms in total. The summed E-state index contributed by atoms with van der Waals surface area (Å²) in [6, 6.07) is 5.41. The lowest BCUT2D eigenvalue weighted by Crippen LogP contribution is -2.52. The van der Waals surface area contributed by atoms with Gasteiger partial charge in [0.25, 0.3) is 0 Å². The Kier molecular flexibility index (Phi) is 5.36. The van der Waals surface area contributed by atoms with Crippen LogP contribution in [0.3, 0.4) is 0 Å². The highest BCUT2D eigenvalue weighted by atomic mass is 35.5. The lowest BCUT2D eigenvalue weighted by atomic mass is 9.84. The number of rotatable bonds is 4. The summed E-state index contributed by atoms with van der Waals surface area (Å²) in [6.45, 7) is 6.40. The fourth-order valence-electron chi connectivity index (χ4n) is 3.04. The van der Waals surface area contributed by atoms with Gasteiger partial charge >= 0.3 is 0 Å². The van der Waals surface area contributed by atoms with E-state index >= 15 is 0 Å². The Morgan fingerprint density at radius 2 is 1.85 bits per heavy atom. The van der Waals surface area contributed by atoms with Gasteiger partial charge in [0, 0.05) is 5.54 Å². The van der Waals surface area contributed by atoms with Gasteiger partial charge < -0.3 is 5.11 Å². The van der Waals surface area contributed by atoms with E-state index in [0.717, 1.165) is 25.1 Å². The molecule has 0 aromatic heterocycles. The van der Waals surface area contributed by atoms with Gasteiger partial charge in [0.1, 0.15) is 0 Å². The lowest BCUT2D eigenvalue weighted by molar-refractivity contribution is -0.0352. The molecule has 1 fully saturated rings. The summed E-state index contributed by atoms with van der Waals surface area (Å²) in [7, 11) is 0. The number of likely N-dealkylation sites (tertiary alicyclic amines) is 1. The molecule has 0 amide bonds. The van der Waals surface area contributed by atoms with Gasteiger partial charge in [-0.1, -0.05) is 42.6 Å². The zero-order chi connectivity index (χ0) is 14.8. The number of piperidine rings is 1. The van der Waals surface area contributed by atoms with Gasteiger partial charge in [-0.05, 0) is 57.0 Å². The molecule has 2 atom stereocenters. The van der Waals surface area contributed by atoms with Gasteiger partial charge in [-0.2, -0.15) is 0 Å². The van der Waals surface area contributed by atoms with E-state index in [1.807, 2.05) is 6.07 Å². The quantitative estimate of drug-likeness (QED) is 0.872. The van der Waals surface area contributed by atoms with Crippen LogP contribution in [0, 0.1) is 0 Å². The molecule has 1 aliphatic rings. The van der Waals surface area contributed by atoms with E-state index in [9.17, 15) is 5.11 Å². The molecule has 2 unspecified atom stereocenters. The highest BCUT2D eigenvalue weighted by molar-refractivity contribution is 6.42. The Morgan fingerprint density at radius 1 is 1.20 bits per heavy atom. The minimum absolute atomic E-state index is 0.252. The maximum absolute atomic E-state index is 10.9. The summed E-state index contributed by atoms with van der Waals surface area (Å²) in [4.78, 5) is 2.42. The first-order valence-electron chi connectivity index (χ1n) is 7.37. The molecule has 1 heterocycles. The largest absolute Gasteiger partial charge is 0.386 e. The number of nitrogens with zero attached hydrogens (tertiary/aromatic N) is 1. The molecular weight excluding hydrogens is 293 g/mol. The van der Waals surface area contributed by atoms with Crippen molar-refractivity contribution in [3.63, 3.8) is 0 Å². The predicted octanol–water partition coefficient (Wildman–Crippen LogP) is 4.68. The van der Waals surface area contributed by atoms with Crippen molar-refractivity contribution >= 4 is 23.2 Å². The molecule has 1 saturated heterocycles. The van der Waals surface area contributed by atoms with Gasteiger partial charge in [0.15, 0.2) is 0 Å². The van der Waals surface area contributed by atoms with E-state index in [2.05, 4.69) is 18.7 Å². The molecule has 1 aromatic rings. The zero-order valence-electron chi connectivity index (χ0n) is 12.2. The van der Waals surface area contributed by atoms with Crippen molar-refractivity contribution in [1.29, 1.82) is 0 Å². The van der Waals surface area contributed by atoms with Crippen LogP contribution < -0.4 is 0 Å². The number of hydrogen-bond donors (Lipinski definition) is 1. The summed E-state index contributed by atoms with van der Waals surface area (Å²) >= 11 is 12.0. The average molecular weight is 316 g/mol. The van der Waals surface area contributed by atoms with E-state index in [1.54, 1.807) is 12.1 Å². The molecule has 20 heavy (non-hydrogen) atoms. The van der Waals surface area contributed by atoms with Gasteiger partial charge in [-0.3, -0.25) is 4.90 Å². The number of aliphatic hydroxyl groups is 1. The molecule has 112 valence electrons. The van der Waals surface area contributed by atoms with Crippen LogP contribution >= 0.6 is 23.2 Å². The normalized spacial score (nSPS) is 21.4. The molecule has 0 spiro atoms. The van der Waals surface area contributed by atoms with Crippen LogP contribution in [-0.2, 0) is 0 Å². The van der Waals surface area contributed by atoms with E-state index < -0.39 is 6.10 Å². The number of hydrogen-bond acceptors (Lipinski definition) is 2. The van der Waals surface area contributed by atoms with E-state index in [-0.39, 0.29) is 5.54 Å². The van der Waals surface area contributed by atoms with Crippen LogP contribution in [-0.4, -0.2) is 28.6 Å². The van der Waals surface area contributed by atoms with Crippen molar-refractivity contribution in [3.05, 3.63) is 33.8 Å². The summed E-state index contributed by atoms with van der Waals surface area (Å²) in [5.74, 6) is 0. The van der Waals surface area contributed by atoms with Crippen molar-refractivity contribution in [2.75, 3.05) is 13.1 Å². The fourth-order valence-corrected chi connectivity index (χ4v) is 3.34. The van der Waals surface area contributed by atoms with Crippen molar-refractivity contribution in [2.45, 2.75) is 51.2 Å². The van der Waals surface area contributed by atoms with Crippen LogP contribution in [0.2, 0.25) is 10.0 Å². The summed E-state index contributed by atoms with van der Waals surface area (Å²) in [5, 5.41) is 11.9. The smallest absolute Gasteiger partial charge is 0.0971 e. The molecule has 0 saturated carbocycles. The minimum atomic E-state index is -0.555. The van der Waals surface area contributed by atoms with Gasteiger partial charge in [-0.15, -0.1) is 0 Å².